The van der Waals surface area contributed by atoms with Crippen molar-refractivity contribution in [2.24, 2.45) is 0 Å². The van der Waals surface area contributed by atoms with Crippen LogP contribution in [0, 0.1) is 0 Å². The summed E-state index contributed by atoms with van der Waals surface area (Å²) in [6.45, 7) is 4.80. The second-order valence-electron chi connectivity index (χ2n) is 3.37. The maximum atomic E-state index is 5.11. The van der Waals surface area contributed by atoms with Gasteiger partial charge in [-0.15, -0.1) is 0 Å². The minimum atomic E-state index is 0.361. The van der Waals surface area contributed by atoms with Crippen molar-refractivity contribution < 1.29 is 4.74 Å². The topological polar surface area (TPSA) is 39.1 Å². The van der Waals surface area contributed by atoms with Crippen LogP contribution in [-0.2, 0) is 17.9 Å². The van der Waals surface area contributed by atoms with Crippen molar-refractivity contribution in [2.75, 3.05) is 13.7 Å². The third kappa shape index (κ3) is 1.47. The number of ether oxygens (including phenoxy) is 1. The van der Waals surface area contributed by atoms with Gasteiger partial charge in [0, 0.05) is 20.2 Å². The zero-order chi connectivity index (χ0) is 9.26. The average Bonchev–Trinajstić information content (AvgIpc) is 2.51. The summed E-state index contributed by atoms with van der Waals surface area (Å²) in [4.78, 5) is 4.38. The second kappa shape index (κ2) is 3.47. The minimum absolute atomic E-state index is 0.361. The molecule has 1 aliphatic heterocycles. The first-order valence-corrected chi connectivity index (χ1v) is 4.59. The van der Waals surface area contributed by atoms with Gasteiger partial charge in [0.15, 0.2) is 0 Å². The number of nitrogens with zero attached hydrogens (tertiary/aromatic N) is 2. The first kappa shape index (κ1) is 8.72. The summed E-state index contributed by atoms with van der Waals surface area (Å²) in [5.74, 6) is 1.12. The summed E-state index contributed by atoms with van der Waals surface area (Å²) in [7, 11) is 1.71. The monoisotopic (exact) mass is 181 g/mol. The van der Waals surface area contributed by atoms with Crippen LogP contribution in [-0.4, -0.2) is 23.2 Å². The Hall–Kier alpha value is -0.870. The lowest BCUT2D eigenvalue weighted by atomic mass is 10.2. The fourth-order valence-electron chi connectivity index (χ4n) is 1.78. The van der Waals surface area contributed by atoms with Crippen LogP contribution in [0.25, 0.3) is 0 Å². The van der Waals surface area contributed by atoms with Gasteiger partial charge in [-0.2, -0.15) is 0 Å². The number of fused-ring (bicyclic) bond motifs is 1. The highest BCUT2D eigenvalue weighted by molar-refractivity contribution is 5.09. The molecule has 2 rings (SSSR count). The molecule has 1 aliphatic rings. The first-order chi connectivity index (χ1) is 6.33. The Labute approximate surface area is 77.9 Å². The largest absolute Gasteiger partial charge is 0.378 e. The highest BCUT2D eigenvalue weighted by atomic mass is 16.5. The molecule has 0 saturated carbocycles. The number of hydrogen-bond donors (Lipinski definition) is 1. The van der Waals surface area contributed by atoms with E-state index < -0.39 is 0 Å². The van der Waals surface area contributed by atoms with E-state index in [0.717, 1.165) is 18.9 Å². The molecule has 0 spiro atoms. The molecule has 1 atom stereocenters. The van der Waals surface area contributed by atoms with E-state index in [9.17, 15) is 0 Å². The van der Waals surface area contributed by atoms with Crippen molar-refractivity contribution in [3.63, 3.8) is 0 Å². The minimum Gasteiger partial charge on any atom is -0.378 e. The Morgan fingerprint density at radius 3 is 3.38 bits per heavy atom. The van der Waals surface area contributed by atoms with Gasteiger partial charge in [0.2, 0.25) is 0 Å². The highest BCUT2D eigenvalue weighted by Crippen LogP contribution is 2.17. The Bertz CT molecular complexity index is 295. The molecule has 4 nitrogen and oxygen atoms in total. The molecular formula is C9H15N3O. The lowest BCUT2D eigenvalue weighted by Gasteiger charge is -2.23. The van der Waals surface area contributed by atoms with Crippen LogP contribution >= 0.6 is 0 Å². The van der Waals surface area contributed by atoms with Crippen LogP contribution in [0.1, 0.15) is 24.5 Å². The Balaban J connectivity index is 2.30. The molecule has 1 aromatic heterocycles. The van der Waals surface area contributed by atoms with E-state index >= 15 is 0 Å². The maximum Gasteiger partial charge on any atom is 0.125 e. The Morgan fingerprint density at radius 2 is 2.62 bits per heavy atom. The molecule has 0 fully saturated rings. The summed E-state index contributed by atoms with van der Waals surface area (Å²) in [5, 5.41) is 3.37. The SMILES string of the molecule is COCc1cnc2n1CCN[C@H]2C. The van der Waals surface area contributed by atoms with Crippen LogP contribution in [0.3, 0.4) is 0 Å². The molecule has 0 aliphatic carbocycles. The first-order valence-electron chi connectivity index (χ1n) is 4.59. The molecule has 1 aromatic rings. The molecule has 0 bridgehead atoms. The van der Waals surface area contributed by atoms with Crippen molar-refractivity contribution in [3.05, 3.63) is 17.7 Å². The van der Waals surface area contributed by atoms with Crippen molar-refractivity contribution in [1.29, 1.82) is 0 Å². The smallest absolute Gasteiger partial charge is 0.125 e. The number of imidazole rings is 1. The number of aromatic nitrogens is 2. The zero-order valence-electron chi connectivity index (χ0n) is 8.08. The normalized spacial score (nSPS) is 21.5. The van der Waals surface area contributed by atoms with E-state index in [2.05, 4.69) is 21.8 Å². The summed E-state index contributed by atoms with van der Waals surface area (Å²) in [6.07, 6.45) is 1.91. The second-order valence-corrected chi connectivity index (χ2v) is 3.37. The summed E-state index contributed by atoms with van der Waals surface area (Å²) < 4.78 is 7.35. The third-order valence-electron chi connectivity index (χ3n) is 2.43. The molecule has 0 amide bonds. The van der Waals surface area contributed by atoms with Gasteiger partial charge in [0.05, 0.1) is 24.5 Å². The fourth-order valence-corrected chi connectivity index (χ4v) is 1.78. The van der Waals surface area contributed by atoms with E-state index in [4.69, 9.17) is 4.74 Å². The van der Waals surface area contributed by atoms with Gasteiger partial charge >= 0.3 is 0 Å². The van der Waals surface area contributed by atoms with Gasteiger partial charge in [0.1, 0.15) is 5.82 Å². The van der Waals surface area contributed by atoms with Gasteiger partial charge in [-0.3, -0.25) is 0 Å². The van der Waals surface area contributed by atoms with E-state index in [1.807, 2.05) is 6.20 Å². The Morgan fingerprint density at radius 1 is 1.77 bits per heavy atom. The lowest BCUT2D eigenvalue weighted by molar-refractivity contribution is 0.176. The maximum absolute atomic E-state index is 5.11. The van der Waals surface area contributed by atoms with Crippen LogP contribution in [0.15, 0.2) is 6.20 Å². The molecule has 0 radical (unpaired) electrons. The van der Waals surface area contributed by atoms with E-state index in [0.29, 0.717) is 12.6 Å². The molecule has 0 aromatic carbocycles. The number of methoxy groups -OCH3 is 1. The zero-order valence-corrected chi connectivity index (χ0v) is 8.08. The van der Waals surface area contributed by atoms with E-state index in [-0.39, 0.29) is 0 Å². The predicted molar refractivity (Wildman–Crippen MR) is 49.4 cm³/mol. The van der Waals surface area contributed by atoms with Crippen LogP contribution in [0.4, 0.5) is 0 Å². The molecule has 4 heteroatoms. The molecule has 2 heterocycles. The van der Waals surface area contributed by atoms with Crippen molar-refractivity contribution in [1.82, 2.24) is 14.9 Å². The number of rotatable bonds is 2. The Kier molecular flexibility index (Phi) is 2.33. The summed E-state index contributed by atoms with van der Waals surface area (Å²) in [6, 6.07) is 0.361. The van der Waals surface area contributed by atoms with Gasteiger partial charge in [-0.1, -0.05) is 0 Å². The quantitative estimate of drug-likeness (QED) is 0.729. The standard InChI is InChI=1S/C9H15N3O/c1-7-9-11-5-8(6-13-2)12(9)4-3-10-7/h5,7,10H,3-4,6H2,1-2H3/t7-/m0/s1. The highest BCUT2D eigenvalue weighted by Gasteiger charge is 2.19. The fraction of sp³-hybridized carbons (Fsp3) is 0.667. The van der Waals surface area contributed by atoms with E-state index in [1.165, 1.54) is 5.69 Å². The van der Waals surface area contributed by atoms with Crippen LogP contribution in [0.2, 0.25) is 0 Å². The third-order valence-corrected chi connectivity index (χ3v) is 2.43. The molecule has 1 N–H and O–H groups in total. The predicted octanol–water partition coefficient (Wildman–Crippen LogP) is 0.694. The van der Waals surface area contributed by atoms with Crippen LogP contribution < -0.4 is 5.32 Å². The summed E-state index contributed by atoms with van der Waals surface area (Å²) >= 11 is 0. The number of nitrogens with one attached hydrogen (secondary N) is 1. The van der Waals surface area contributed by atoms with Gasteiger partial charge in [-0.05, 0) is 6.92 Å². The summed E-state index contributed by atoms with van der Waals surface area (Å²) in [5.41, 5.74) is 1.17. The van der Waals surface area contributed by atoms with Crippen molar-refractivity contribution >= 4 is 0 Å². The molecule has 13 heavy (non-hydrogen) atoms. The molecule has 0 saturated heterocycles. The van der Waals surface area contributed by atoms with Gasteiger partial charge < -0.3 is 14.6 Å². The van der Waals surface area contributed by atoms with Gasteiger partial charge in [0.25, 0.3) is 0 Å². The van der Waals surface area contributed by atoms with Crippen molar-refractivity contribution in [2.45, 2.75) is 26.1 Å². The molecule has 0 unspecified atom stereocenters. The average molecular weight is 181 g/mol. The van der Waals surface area contributed by atoms with Crippen molar-refractivity contribution in [3.8, 4) is 0 Å². The van der Waals surface area contributed by atoms with Gasteiger partial charge in [-0.25, -0.2) is 4.98 Å². The van der Waals surface area contributed by atoms with E-state index in [1.54, 1.807) is 7.11 Å². The number of hydrogen-bond acceptors (Lipinski definition) is 3. The molecular weight excluding hydrogens is 166 g/mol. The lowest BCUT2D eigenvalue weighted by Crippen LogP contribution is -2.32. The van der Waals surface area contributed by atoms with Crippen LogP contribution in [0.5, 0.6) is 0 Å². The molecule has 72 valence electrons.